The summed E-state index contributed by atoms with van der Waals surface area (Å²) in [6.45, 7) is 1.64. The van der Waals surface area contributed by atoms with Crippen LogP contribution in [0.25, 0.3) is 0 Å². The third-order valence-electron chi connectivity index (χ3n) is 2.53. The number of carbonyl (C=O) groups is 2. The smallest absolute Gasteiger partial charge is 0.223 e. The van der Waals surface area contributed by atoms with Gasteiger partial charge >= 0.3 is 0 Å². The molecule has 0 aliphatic heterocycles. The molecule has 1 amide bonds. The van der Waals surface area contributed by atoms with Gasteiger partial charge in [0.2, 0.25) is 5.91 Å². The third-order valence-corrected chi connectivity index (χ3v) is 3.03. The zero-order chi connectivity index (χ0) is 13.7. The lowest BCUT2D eigenvalue weighted by Gasteiger charge is -2.17. The summed E-state index contributed by atoms with van der Waals surface area (Å²) in [6.07, 6.45) is 0.394. The van der Waals surface area contributed by atoms with Gasteiger partial charge in [-0.3, -0.25) is 4.79 Å². The third kappa shape index (κ3) is 4.56. The lowest BCUT2D eigenvalue weighted by Crippen LogP contribution is -2.26. The summed E-state index contributed by atoms with van der Waals surface area (Å²) in [6, 6.07) is 4.60. The van der Waals surface area contributed by atoms with Crippen LogP contribution < -0.4 is 0 Å². The van der Waals surface area contributed by atoms with Crippen LogP contribution in [0.5, 0.6) is 0 Å². The zero-order valence-electron chi connectivity index (χ0n) is 10.4. The molecule has 5 heteroatoms. The van der Waals surface area contributed by atoms with Crippen molar-refractivity contribution in [2.24, 2.45) is 0 Å². The summed E-state index contributed by atoms with van der Waals surface area (Å²) in [5.41, 5.74) is 0.447. The molecule has 1 aromatic carbocycles. The van der Waals surface area contributed by atoms with Gasteiger partial charge in [0.1, 0.15) is 11.6 Å². The molecule has 3 nitrogen and oxygen atoms in total. The maximum Gasteiger partial charge on any atom is 0.223 e. The standard InChI is InChI=1S/C13H15BrFNO2/c1-9(17)3-6-13(18)16(2)8-10-7-11(14)4-5-12(10)15/h4-5,7H,3,6,8H2,1-2H3. The summed E-state index contributed by atoms with van der Waals surface area (Å²) >= 11 is 3.26. The summed E-state index contributed by atoms with van der Waals surface area (Å²) in [5, 5.41) is 0. The van der Waals surface area contributed by atoms with Crippen molar-refractivity contribution in [2.45, 2.75) is 26.3 Å². The van der Waals surface area contributed by atoms with E-state index in [1.54, 1.807) is 19.2 Å². The molecule has 1 rings (SSSR count). The molecule has 0 saturated carbocycles. The molecule has 0 aromatic heterocycles. The summed E-state index contributed by atoms with van der Waals surface area (Å²) in [5.74, 6) is -0.528. The van der Waals surface area contributed by atoms with Gasteiger partial charge in [-0.1, -0.05) is 15.9 Å². The Kier molecular flexibility index (Phi) is 5.47. The van der Waals surface area contributed by atoms with Crippen molar-refractivity contribution in [3.05, 3.63) is 34.1 Å². The van der Waals surface area contributed by atoms with E-state index in [4.69, 9.17) is 0 Å². The lowest BCUT2D eigenvalue weighted by atomic mass is 10.2. The van der Waals surface area contributed by atoms with Gasteiger partial charge in [0, 0.05) is 36.5 Å². The number of rotatable bonds is 5. The van der Waals surface area contributed by atoms with E-state index < -0.39 is 0 Å². The van der Waals surface area contributed by atoms with Crippen LogP contribution >= 0.6 is 15.9 Å². The molecule has 0 aliphatic carbocycles. The molecule has 98 valence electrons. The zero-order valence-corrected chi connectivity index (χ0v) is 12.0. The topological polar surface area (TPSA) is 37.4 Å². The van der Waals surface area contributed by atoms with Gasteiger partial charge < -0.3 is 9.69 Å². The van der Waals surface area contributed by atoms with E-state index in [-0.39, 0.29) is 36.9 Å². The minimum atomic E-state index is -0.343. The highest BCUT2D eigenvalue weighted by Crippen LogP contribution is 2.17. The van der Waals surface area contributed by atoms with Crippen molar-refractivity contribution in [2.75, 3.05) is 7.05 Å². The molecular formula is C13H15BrFNO2. The highest BCUT2D eigenvalue weighted by atomic mass is 79.9. The average molecular weight is 316 g/mol. The van der Waals surface area contributed by atoms with Gasteiger partial charge in [0.05, 0.1) is 0 Å². The normalized spacial score (nSPS) is 10.2. The Hall–Kier alpha value is -1.23. The number of benzene rings is 1. The maximum atomic E-state index is 13.5. The number of ketones is 1. The first-order valence-corrected chi connectivity index (χ1v) is 6.36. The molecule has 0 aliphatic rings. The van der Waals surface area contributed by atoms with E-state index in [2.05, 4.69) is 15.9 Å². The van der Waals surface area contributed by atoms with E-state index in [0.717, 1.165) is 4.47 Å². The molecule has 0 fully saturated rings. The number of halogens is 2. The van der Waals surface area contributed by atoms with Gasteiger partial charge in [-0.15, -0.1) is 0 Å². The molecule has 0 unspecified atom stereocenters. The van der Waals surface area contributed by atoms with E-state index in [1.165, 1.54) is 17.9 Å². The average Bonchev–Trinajstić information content (AvgIpc) is 2.30. The number of Topliss-reactive ketones (excluding diaryl/α,β-unsaturated/α-hetero) is 1. The van der Waals surface area contributed by atoms with Crippen LogP contribution in [0.3, 0.4) is 0 Å². The molecule has 0 bridgehead atoms. The second kappa shape index (κ2) is 6.64. The van der Waals surface area contributed by atoms with Gasteiger partial charge in [-0.25, -0.2) is 4.39 Å². The van der Waals surface area contributed by atoms with Crippen molar-refractivity contribution >= 4 is 27.6 Å². The summed E-state index contributed by atoms with van der Waals surface area (Å²) in [4.78, 5) is 23.9. The molecule has 0 N–H and O–H groups in total. The van der Waals surface area contributed by atoms with E-state index >= 15 is 0 Å². The molecule has 0 spiro atoms. The molecule has 0 saturated heterocycles. The van der Waals surface area contributed by atoms with E-state index in [0.29, 0.717) is 5.56 Å². The van der Waals surface area contributed by atoms with Gasteiger partial charge in [0.25, 0.3) is 0 Å². The number of carbonyl (C=O) groups excluding carboxylic acids is 2. The highest BCUT2D eigenvalue weighted by molar-refractivity contribution is 9.10. The summed E-state index contributed by atoms with van der Waals surface area (Å²) in [7, 11) is 1.60. The Morgan fingerprint density at radius 2 is 2.00 bits per heavy atom. The Morgan fingerprint density at radius 3 is 2.61 bits per heavy atom. The first kappa shape index (κ1) is 14.8. The fourth-order valence-corrected chi connectivity index (χ4v) is 1.89. The van der Waals surface area contributed by atoms with E-state index in [9.17, 15) is 14.0 Å². The molecular weight excluding hydrogens is 301 g/mol. The van der Waals surface area contributed by atoms with Crippen LogP contribution in [0.1, 0.15) is 25.3 Å². The van der Waals surface area contributed by atoms with Crippen LogP contribution in [0.2, 0.25) is 0 Å². The Morgan fingerprint density at radius 1 is 1.33 bits per heavy atom. The summed E-state index contributed by atoms with van der Waals surface area (Å²) < 4.78 is 14.3. The second-order valence-electron chi connectivity index (χ2n) is 4.19. The van der Waals surface area contributed by atoms with Gasteiger partial charge in [0.15, 0.2) is 0 Å². The number of amides is 1. The highest BCUT2D eigenvalue weighted by Gasteiger charge is 2.12. The molecule has 0 radical (unpaired) electrons. The van der Waals surface area contributed by atoms with Crippen LogP contribution in [0.15, 0.2) is 22.7 Å². The number of nitrogens with zero attached hydrogens (tertiary/aromatic N) is 1. The number of hydrogen-bond acceptors (Lipinski definition) is 2. The van der Waals surface area contributed by atoms with Gasteiger partial charge in [-0.2, -0.15) is 0 Å². The maximum absolute atomic E-state index is 13.5. The van der Waals surface area contributed by atoms with Crippen LogP contribution in [0, 0.1) is 5.82 Å². The second-order valence-corrected chi connectivity index (χ2v) is 5.10. The predicted molar refractivity (Wildman–Crippen MR) is 70.5 cm³/mol. The van der Waals surface area contributed by atoms with Crippen LogP contribution in [0.4, 0.5) is 4.39 Å². The lowest BCUT2D eigenvalue weighted by molar-refractivity contribution is -0.132. The quantitative estimate of drug-likeness (QED) is 0.837. The van der Waals surface area contributed by atoms with Crippen molar-refractivity contribution in [3.63, 3.8) is 0 Å². The first-order chi connectivity index (χ1) is 8.40. The minimum Gasteiger partial charge on any atom is -0.341 e. The first-order valence-electron chi connectivity index (χ1n) is 5.57. The van der Waals surface area contributed by atoms with Crippen LogP contribution in [-0.2, 0) is 16.1 Å². The van der Waals surface area contributed by atoms with E-state index in [1.807, 2.05) is 0 Å². The van der Waals surface area contributed by atoms with Crippen molar-refractivity contribution in [1.82, 2.24) is 4.90 Å². The van der Waals surface area contributed by atoms with Crippen molar-refractivity contribution in [1.29, 1.82) is 0 Å². The molecule has 0 heterocycles. The Balaban J connectivity index is 2.63. The Bertz CT molecular complexity index is 462. The van der Waals surface area contributed by atoms with Crippen molar-refractivity contribution < 1.29 is 14.0 Å². The minimum absolute atomic E-state index is 0.0228. The van der Waals surface area contributed by atoms with Crippen molar-refractivity contribution in [3.8, 4) is 0 Å². The largest absolute Gasteiger partial charge is 0.341 e. The predicted octanol–water partition coefficient (Wildman–Crippen LogP) is 2.92. The monoisotopic (exact) mass is 315 g/mol. The van der Waals surface area contributed by atoms with Crippen LogP contribution in [-0.4, -0.2) is 23.6 Å². The fraction of sp³-hybridized carbons (Fsp3) is 0.385. The molecule has 0 atom stereocenters. The number of hydrogen-bond donors (Lipinski definition) is 0. The molecule has 1 aromatic rings. The van der Waals surface area contributed by atoms with Gasteiger partial charge in [-0.05, 0) is 25.1 Å². The molecule has 18 heavy (non-hydrogen) atoms. The SMILES string of the molecule is CC(=O)CCC(=O)N(C)Cc1cc(Br)ccc1F. The Labute approximate surface area is 114 Å². The fourth-order valence-electron chi connectivity index (χ4n) is 1.48.